The lowest BCUT2D eigenvalue weighted by Gasteiger charge is -2.17. The molecule has 0 bridgehead atoms. The van der Waals surface area contributed by atoms with E-state index >= 15 is 0 Å². The van der Waals surface area contributed by atoms with Crippen molar-refractivity contribution in [2.75, 3.05) is 0 Å². The van der Waals surface area contributed by atoms with Crippen molar-refractivity contribution in [3.8, 4) is 0 Å². The van der Waals surface area contributed by atoms with Gasteiger partial charge in [-0.3, -0.25) is 10.2 Å². The molecule has 0 aliphatic heterocycles. The van der Waals surface area contributed by atoms with Crippen LogP contribution in [0.5, 0.6) is 0 Å². The SMILES string of the molecule is CCCC(SC(C)CC)C(=O)NN. The zero-order valence-corrected chi connectivity index (χ0v) is 9.49. The lowest BCUT2D eigenvalue weighted by molar-refractivity contribution is -0.120. The summed E-state index contributed by atoms with van der Waals surface area (Å²) in [6.07, 6.45) is 3.00. The fourth-order valence-electron chi connectivity index (χ4n) is 0.993. The second-order valence-electron chi connectivity index (χ2n) is 3.14. The van der Waals surface area contributed by atoms with Crippen LogP contribution in [0.15, 0.2) is 0 Å². The van der Waals surface area contributed by atoms with Crippen LogP contribution in [-0.2, 0) is 4.79 Å². The van der Waals surface area contributed by atoms with Crippen molar-refractivity contribution in [2.45, 2.75) is 50.5 Å². The first-order chi connectivity index (χ1) is 6.15. The topological polar surface area (TPSA) is 55.1 Å². The van der Waals surface area contributed by atoms with E-state index in [9.17, 15) is 4.79 Å². The van der Waals surface area contributed by atoms with Gasteiger partial charge in [0.25, 0.3) is 0 Å². The first kappa shape index (κ1) is 12.8. The number of thioether (sulfide) groups is 1. The first-order valence-electron chi connectivity index (χ1n) is 4.81. The number of amides is 1. The van der Waals surface area contributed by atoms with Gasteiger partial charge in [0.15, 0.2) is 0 Å². The number of rotatable bonds is 6. The Bertz CT molecular complexity index is 153. The molecule has 4 heteroatoms. The maximum atomic E-state index is 11.3. The lowest BCUT2D eigenvalue weighted by Crippen LogP contribution is -2.38. The van der Waals surface area contributed by atoms with Gasteiger partial charge in [0.2, 0.25) is 5.91 Å². The maximum absolute atomic E-state index is 11.3. The van der Waals surface area contributed by atoms with Gasteiger partial charge in [0.1, 0.15) is 0 Å². The Morgan fingerprint density at radius 3 is 2.54 bits per heavy atom. The molecule has 0 saturated heterocycles. The average Bonchev–Trinajstić information content (AvgIpc) is 2.15. The highest BCUT2D eigenvalue weighted by Crippen LogP contribution is 2.23. The van der Waals surface area contributed by atoms with E-state index in [-0.39, 0.29) is 11.2 Å². The summed E-state index contributed by atoms with van der Waals surface area (Å²) in [6.45, 7) is 6.34. The molecular formula is C9H20N2OS. The number of carbonyl (C=O) groups excluding carboxylic acids is 1. The van der Waals surface area contributed by atoms with Crippen LogP contribution in [0.25, 0.3) is 0 Å². The average molecular weight is 204 g/mol. The molecular weight excluding hydrogens is 184 g/mol. The zero-order valence-electron chi connectivity index (χ0n) is 8.67. The molecule has 2 atom stereocenters. The number of hydrogen-bond acceptors (Lipinski definition) is 3. The van der Waals surface area contributed by atoms with E-state index in [1.807, 2.05) is 0 Å². The van der Waals surface area contributed by atoms with Crippen molar-refractivity contribution in [3.05, 3.63) is 0 Å². The molecule has 0 fully saturated rings. The number of hydrogen-bond donors (Lipinski definition) is 2. The Labute approximate surface area is 84.8 Å². The van der Waals surface area contributed by atoms with Crippen molar-refractivity contribution in [1.29, 1.82) is 0 Å². The highest BCUT2D eigenvalue weighted by molar-refractivity contribution is 8.01. The Hall–Kier alpha value is -0.220. The second-order valence-corrected chi connectivity index (χ2v) is 4.79. The van der Waals surface area contributed by atoms with Crippen LogP contribution in [0.3, 0.4) is 0 Å². The highest BCUT2D eigenvalue weighted by atomic mass is 32.2. The summed E-state index contributed by atoms with van der Waals surface area (Å²) in [6, 6.07) is 0. The number of nitrogens with one attached hydrogen (secondary N) is 1. The fourth-order valence-corrected chi connectivity index (χ4v) is 2.31. The smallest absolute Gasteiger partial charge is 0.246 e. The van der Waals surface area contributed by atoms with Gasteiger partial charge in [-0.2, -0.15) is 0 Å². The minimum absolute atomic E-state index is 0.0185. The molecule has 0 aromatic heterocycles. The van der Waals surface area contributed by atoms with Gasteiger partial charge in [0.05, 0.1) is 5.25 Å². The standard InChI is InChI=1S/C9H20N2OS/c1-4-6-8(9(12)11-10)13-7(3)5-2/h7-8H,4-6,10H2,1-3H3,(H,11,12). The van der Waals surface area contributed by atoms with Gasteiger partial charge >= 0.3 is 0 Å². The van der Waals surface area contributed by atoms with Crippen LogP contribution in [0.4, 0.5) is 0 Å². The van der Waals surface area contributed by atoms with Crippen molar-refractivity contribution >= 4 is 17.7 Å². The van der Waals surface area contributed by atoms with E-state index in [0.717, 1.165) is 19.3 Å². The van der Waals surface area contributed by atoms with E-state index < -0.39 is 0 Å². The van der Waals surface area contributed by atoms with Crippen molar-refractivity contribution in [3.63, 3.8) is 0 Å². The molecule has 0 saturated carbocycles. The highest BCUT2D eigenvalue weighted by Gasteiger charge is 2.18. The zero-order chi connectivity index (χ0) is 10.3. The van der Waals surface area contributed by atoms with Crippen LogP contribution < -0.4 is 11.3 Å². The summed E-state index contributed by atoms with van der Waals surface area (Å²) in [5, 5.41) is 0.541. The van der Waals surface area contributed by atoms with Crippen LogP contribution in [0.1, 0.15) is 40.0 Å². The third-order valence-electron chi connectivity index (χ3n) is 1.96. The van der Waals surface area contributed by atoms with Crippen molar-refractivity contribution in [2.24, 2.45) is 5.84 Å². The number of nitrogens with two attached hydrogens (primary N) is 1. The number of hydrazine groups is 1. The fraction of sp³-hybridized carbons (Fsp3) is 0.889. The van der Waals surface area contributed by atoms with E-state index in [1.54, 1.807) is 11.8 Å². The van der Waals surface area contributed by atoms with Gasteiger partial charge in [-0.05, 0) is 12.8 Å². The molecule has 0 aromatic rings. The third-order valence-corrected chi connectivity index (χ3v) is 3.53. The normalized spacial score (nSPS) is 15.1. The second kappa shape index (κ2) is 7.21. The summed E-state index contributed by atoms with van der Waals surface area (Å²) in [5.41, 5.74) is 2.22. The number of carbonyl (C=O) groups is 1. The van der Waals surface area contributed by atoms with E-state index in [0.29, 0.717) is 5.25 Å². The van der Waals surface area contributed by atoms with E-state index in [2.05, 4.69) is 26.2 Å². The quantitative estimate of drug-likeness (QED) is 0.393. The maximum Gasteiger partial charge on any atom is 0.246 e. The molecule has 0 rings (SSSR count). The molecule has 0 heterocycles. The predicted molar refractivity (Wildman–Crippen MR) is 58.4 cm³/mol. The van der Waals surface area contributed by atoms with Gasteiger partial charge < -0.3 is 0 Å². The Balaban J connectivity index is 4.00. The van der Waals surface area contributed by atoms with E-state index in [4.69, 9.17) is 5.84 Å². The van der Waals surface area contributed by atoms with Crippen LogP contribution >= 0.6 is 11.8 Å². The lowest BCUT2D eigenvalue weighted by atomic mass is 10.2. The molecule has 0 radical (unpaired) electrons. The Kier molecular flexibility index (Phi) is 7.09. The molecule has 0 spiro atoms. The summed E-state index contributed by atoms with van der Waals surface area (Å²) in [5.74, 6) is 5.06. The van der Waals surface area contributed by atoms with Crippen LogP contribution in [0, 0.1) is 0 Å². The third kappa shape index (κ3) is 5.16. The molecule has 3 N–H and O–H groups in total. The summed E-state index contributed by atoms with van der Waals surface area (Å²) in [7, 11) is 0. The van der Waals surface area contributed by atoms with Crippen molar-refractivity contribution in [1.82, 2.24) is 5.43 Å². The molecule has 13 heavy (non-hydrogen) atoms. The molecule has 0 aliphatic carbocycles. The Morgan fingerprint density at radius 2 is 2.15 bits per heavy atom. The van der Waals surface area contributed by atoms with Crippen LogP contribution in [0.2, 0.25) is 0 Å². The first-order valence-corrected chi connectivity index (χ1v) is 5.75. The van der Waals surface area contributed by atoms with Gasteiger partial charge in [0, 0.05) is 5.25 Å². The summed E-state index contributed by atoms with van der Waals surface area (Å²) >= 11 is 1.71. The predicted octanol–water partition coefficient (Wildman–Crippen LogP) is 1.68. The molecule has 3 nitrogen and oxygen atoms in total. The molecule has 1 amide bonds. The Morgan fingerprint density at radius 1 is 1.54 bits per heavy atom. The molecule has 78 valence electrons. The minimum Gasteiger partial charge on any atom is -0.293 e. The molecule has 0 aromatic carbocycles. The van der Waals surface area contributed by atoms with Crippen molar-refractivity contribution < 1.29 is 4.79 Å². The van der Waals surface area contributed by atoms with Gasteiger partial charge in [-0.25, -0.2) is 5.84 Å². The molecule has 0 aliphatic rings. The van der Waals surface area contributed by atoms with Gasteiger partial charge in [-0.15, -0.1) is 11.8 Å². The summed E-state index contributed by atoms with van der Waals surface area (Å²) < 4.78 is 0. The largest absolute Gasteiger partial charge is 0.293 e. The van der Waals surface area contributed by atoms with Gasteiger partial charge in [-0.1, -0.05) is 27.2 Å². The summed E-state index contributed by atoms with van der Waals surface area (Å²) in [4.78, 5) is 11.3. The molecule has 2 unspecified atom stereocenters. The van der Waals surface area contributed by atoms with E-state index in [1.165, 1.54) is 0 Å². The monoisotopic (exact) mass is 204 g/mol. The van der Waals surface area contributed by atoms with Crippen LogP contribution in [-0.4, -0.2) is 16.4 Å². The minimum atomic E-state index is -0.0489.